The van der Waals surface area contributed by atoms with E-state index in [0.717, 1.165) is 32.1 Å². The zero-order valence-corrected chi connectivity index (χ0v) is 17.0. The minimum Gasteiger partial charge on any atom is -0.381 e. The van der Waals surface area contributed by atoms with Crippen LogP contribution in [0.4, 0.5) is 0 Å². The molecule has 2 rings (SSSR count). The molecule has 3 nitrogen and oxygen atoms in total. The van der Waals surface area contributed by atoms with Gasteiger partial charge in [0.15, 0.2) is 0 Å². The molecular formula is C21H38N2O. The lowest BCUT2D eigenvalue weighted by Crippen LogP contribution is -2.25. The standard InChI is InChI=1S/C21H38N2O/c1-8-17-18(20(2,3)4)19(21(5,6)7)23(22-17)13-9-10-16-11-14-24-15-12-16/h16H,8-15H2,1-7H3. The number of aryl methyl sites for hydroxylation is 2. The van der Waals surface area contributed by atoms with Crippen LogP contribution in [0, 0.1) is 5.92 Å². The fourth-order valence-corrected chi connectivity index (χ4v) is 4.04. The van der Waals surface area contributed by atoms with Crippen molar-refractivity contribution in [2.24, 2.45) is 5.92 Å². The number of nitrogens with zero attached hydrogens (tertiary/aromatic N) is 2. The van der Waals surface area contributed by atoms with Crippen molar-refractivity contribution in [1.29, 1.82) is 0 Å². The van der Waals surface area contributed by atoms with Gasteiger partial charge < -0.3 is 4.74 Å². The number of hydrogen-bond donors (Lipinski definition) is 0. The van der Waals surface area contributed by atoms with Crippen LogP contribution >= 0.6 is 0 Å². The zero-order valence-electron chi connectivity index (χ0n) is 17.0. The first-order valence-corrected chi connectivity index (χ1v) is 9.83. The van der Waals surface area contributed by atoms with Gasteiger partial charge in [-0.1, -0.05) is 48.5 Å². The van der Waals surface area contributed by atoms with Crippen LogP contribution in [0.2, 0.25) is 0 Å². The second-order valence-electron chi connectivity index (χ2n) is 9.44. The largest absolute Gasteiger partial charge is 0.381 e. The summed E-state index contributed by atoms with van der Waals surface area (Å²) in [4.78, 5) is 0. The van der Waals surface area contributed by atoms with Crippen molar-refractivity contribution in [3.05, 3.63) is 17.0 Å². The van der Waals surface area contributed by atoms with Crippen LogP contribution in [-0.2, 0) is 28.5 Å². The van der Waals surface area contributed by atoms with E-state index in [4.69, 9.17) is 9.84 Å². The number of aromatic nitrogens is 2. The highest BCUT2D eigenvalue weighted by Gasteiger charge is 2.32. The van der Waals surface area contributed by atoms with E-state index in [1.807, 2.05) is 0 Å². The van der Waals surface area contributed by atoms with Gasteiger partial charge >= 0.3 is 0 Å². The molecule has 0 atom stereocenters. The Labute approximate surface area is 149 Å². The molecule has 2 heterocycles. The predicted molar refractivity (Wildman–Crippen MR) is 102 cm³/mol. The Kier molecular flexibility index (Phi) is 6.17. The molecular weight excluding hydrogens is 296 g/mol. The van der Waals surface area contributed by atoms with E-state index in [0.29, 0.717) is 0 Å². The molecule has 138 valence electrons. The smallest absolute Gasteiger partial charge is 0.0662 e. The summed E-state index contributed by atoms with van der Waals surface area (Å²) < 4.78 is 7.81. The van der Waals surface area contributed by atoms with E-state index in [2.05, 4.69) is 53.1 Å². The number of ether oxygens (including phenoxy) is 1. The number of hydrogen-bond acceptors (Lipinski definition) is 2. The molecule has 0 aromatic carbocycles. The Morgan fingerprint density at radius 1 is 1.04 bits per heavy atom. The van der Waals surface area contributed by atoms with Gasteiger partial charge in [0.2, 0.25) is 0 Å². The van der Waals surface area contributed by atoms with E-state index in [-0.39, 0.29) is 10.8 Å². The Morgan fingerprint density at radius 3 is 2.17 bits per heavy atom. The van der Waals surface area contributed by atoms with Crippen LogP contribution in [0.3, 0.4) is 0 Å². The molecule has 1 aromatic heterocycles. The first-order valence-electron chi connectivity index (χ1n) is 9.83. The Morgan fingerprint density at radius 2 is 1.67 bits per heavy atom. The molecule has 1 aliphatic heterocycles. The normalized spacial score (nSPS) is 17.5. The molecule has 1 aliphatic rings. The third-order valence-electron chi connectivity index (χ3n) is 5.14. The zero-order chi connectivity index (χ0) is 18.0. The van der Waals surface area contributed by atoms with Crippen molar-refractivity contribution in [2.45, 2.75) is 97.9 Å². The molecule has 0 radical (unpaired) electrons. The molecule has 0 N–H and O–H groups in total. The van der Waals surface area contributed by atoms with Gasteiger partial charge in [0.25, 0.3) is 0 Å². The Balaban J connectivity index is 2.20. The summed E-state index contributed by atoms with van der Waals surface area (Å²) in [6.07, 6.45) is 6.02. The number of rotatable bonds is 5. The lowest BCUT2D eigenvalue weighted by atomic mass is 9.77. The maximum Gasteiger partial charge on any atom is 0.0662 e. The van der Waals surface area contributed by atoms with Gasteiger partial charge in [0, 0.05) is 36.4 Å². The van der Waals surface area contributed by atoms with Crippen LogP contribution in [0.25, 0.3) is 0 Å². The second kappa shape index (κ2) is 7.59. The predicted octanol–water partition coefficient (Wildman–Crippen LogP) is 5.25. The van der Waals surface area contributed by atoms with Crippen molar-refractivity contribution in [3.8, 4) is 0 Å². The summed E-state index contributed by atoms with van der Waals surface area (Å²) in [6, 6.07) is 0. The van der Waals surface area contributed by atoms with E-state index in [1.54, 1.807) is 0 Å². The highest BCUT2D eigenvalue weighted by Crippen LogP contribution is 2.37. The summed E-state index contributed by atoms with van der Waals surface area (Å²) in [5.74, 6) is 0.847. The topological polar surface area (TPSA) is 27.1 Å². The highest BCUT2D eigenvalue weighted by atomic mass is 16.5. The summed E-state index contributed by atoms with van der Waals surface area (Å²) in [7, 11) is 0. The lowest BCUT2D eigenvalue weighted by molar-refractivity contribution is 0.0628. The van der Waals surface area contributed by atoms with E-state index < -0.39 is 0 Å². The van der Waals surface area contributed by atoms with E-state index >= 15 is 0 Å². The van der Waals surface area contributed by atoms with Crippen LogP contribution < -0.4 is 0 Å². The van der Waals surface area contributed by atoms with Gasteiger partial charge in [0.05, 0.1) is 5.69 Å². The molecule has 24 heavy (non-hydrogen) atoms. The minimum absolute atomic E-state index is 0.127. The Hall–Kier alpha value is -0.830. The first-order chi connectivity index (χ1) is 11.1. The maximum atomic E-state index is 5.48. The lowest BCUT2D eigenvalue weighted by Gasteiger charge is -2.29. The van der Waals surface area contributed by atoms with E-state index in [1.165, 1.54) is 42.6 Å². The van der Waals surface area contributed by atoms with E-state index in [9.17, 15) is 0 Å². The van der Waals surface area contributed by atoms with Crippen molar-refractivity contribution >= 4 is 0 Å². The molecule has 0 aliphatic carbocycles. The third-order valence-corrected chi connectivity index (χ3v) is 5.14. The molecule has 0 saturated carbocycles. The molecule has 3 heteroatoms. The molecule has 0 unspecified atom stereocenters. The van der Waals surface area contributed by atoms with Gasteiger partial charge in [-0.05, 0) is 43.4 Å². The molecule has 0 bridgehead atoms. The van der Waals surface area contributed by atoms with Gasteiger partial charge in [-0.15, -0.1) is 0 Å². The van der Waals surface area contributed by atoms with Crippen LogP contribution in [0.1, 0.15) is 91.1 Å². The summed E-state index contributed by atoms with van der Waals surface area (Å²) in [6.45, 7) is 19.1. The molecule has 0 spiro atoms. The van der Waals surface area contributed by atoms with Crippen LogP contribution in [0.5, 0.6) is 0 Å². The second-order valence-corrected chi connectivity index (χ2v) is 9.44. The van der Waals surface area contributed by atoms with Crippen molar-refractivity contribution in [3.63, 3.8) is 0 Å². The van der Waals surface area contributed by atoms with Crippen molar-refractivity contribution in [2.75, 3.05) is 13.2 Å². The highest BCUT2D eigenvalue weighted by molar-refractivity contribution is 5.37. The average molecular weight is 335 g/mol. The van der Waals surface area contributed by atoms with Crippen LogP contribution in [-0.4, -0.2) is 23.0 Å². The summed E-state index contributed by atoms with van der Waals surface area (Å²) in [5, 5.41) is 5.04. The SMILES string of the molecule is CCc1nn(CCCC2CCOCC2)c(C(C)(C)C)c1C(C)(C)C. The quantitative estimate of drug-likeness (QED) is 0.735. The van der Waals surface area contributed by atoms with Gasteiger partial charge in [-0.3, -0.25) is 4.68 Å². The van der Waals surface area contributed by atoms with Gasteiger partial charge in [-0.25, -0.2) is 0 Å². The minimum atomic E-state index is 0.127. The molecule has 1 fully saturated rings. The van der Waals surface area contributed by atoms with Crippen molar-refractivity contribution in [1.82, 2.24) is 9.78 Å². The third kappa shape index (κ3) is 4.62. The summed E-state index contributed by atoms with van der Waals surface area (Å²) in [5.41, 5.74) is 4.48. The summed E-state index contributed by atoms with van der Waals surface area (Å²) >= 11 is 0. The average Bonchev–Trinajstić information content (AvgIpc) is 2.87. The van der Waals surface area contributed by atoms with Gasteiger partial charge in [-0.2, -0.15) is 5.10 Å². The fraction of sp³-hybridized carbons (Fsp3) is 0.857. The van der Waals surface area contributed by atoms with Gasteiger partial charge in [0.1, 0.15) is 0 Å². The first kappa shape index (κ1) is 19.5. The monoisotopic (exact) mass is 334 g/mol. The molecule has 1 saturated heterocycles. The maximum absolute atomic E-state index is 5.48. The molecule has 0 amide bonds. The molecule has 1 aromatic rings. The van der Waals surface area contributed by atoms with Crippen LogP contribution in [0.15, 0.2) is 0 Å². The fourth-order valence-electron chi connectivity index (χ4n) is 4.04. The Bertz CT molecular complexity index is 525. The van der Waals surface area contributed by atoms with Crippen molar-refractivity contribution < 1.29 is 4.74 Å².